The van der Waals surface area contributed by atoms with E-state index in [1.165, 1.54) is 17.5 Å². The average molecular weight is 258 g/mol. The Bertz CT molecular complexity index is 664. The summed E-state index contributed by atoms with van der Waals surface area (Å²) < 4.78 is 1.35. The molecule has 1 fully saturated rings. The van der Waals surface area contributed by atoms with E-state index >= 15 is 0 Å². The highest BCUT2D eigenvalue weighted by atomic mass is 16.1. The molecule has 2 aromatic rings. The molecule has 0 amide bonds. The second-order valence-electron chi connectivity index (χ2n) is 5.37. The summed E-state index contributed by atoms with van der Waals surface area (Å²) in [7, 11) is 3.80. The molecule has 0 radical (unpaired) electrons. The summed E-state index contributed by atoms with van der Waals surface area (Å²) in [5.41, 5.74) is 0.992. The molecule has 1 unspecified atom stereocenters. The van der Waals surface area contributed by atoms with E-state index in [1.54, 1.807) is 19.4 Å². The molecule has 5 nitrogen and oxygen atoms in total. The van der Waals surface area contributed by atoms with Gasteiger partial charge in [-0.25, -0.2) is 4.68 Å². The first-order valence-corrected chi connectivity index (χ1v) is 6.65. The van der Waals surface area contributed by atoms with E-state index in [0.717, 1.165) is 24.2 Å². The van der Waals surface area contributed by atoms with Crippen molar-refractivity contribution in [1.82, 2.24) is 19.7 Å². The monoisotopic (exact) mass is 258 g/mol. The van der Waals surface area contributed by atoms with E-state index in [2.05, 4.69) is 22.0 Å². The van der Waals surface area contributed by atoms with Crippen LogP contribution in [0.2, 0.25) is 0 Å². The molecule has 0 N–H and O–H groups in total. The molecule has 3 heterocycles. The smallest absolute Gasteiger partial charge is 0.275 e. The van der Waals surface area contributed by atoms with Gasteiger partial charge in [-0.15, -0.1) is 0 Å². The Morgan fingerprint density at radius 1 is 1.32 bits per heavy atom. The predicted octanol–water partition coefficient (Wildman–Crippen LogP) is 1.14. The Kier molecular flexibility index (Phi) is 3.06. The van der Waals surface area contributed by atoms with Crippen molar-refractivity contribution in [3.63, 3.8) is 0 Å². The highest BCUT2D eigenvalue weighted by molar-refractivity contribution is 5.80. The summed E-state index contributed by atoms with van der Waals surface area (Å²) in [6.07, 6.45) is 5.81. The highest BCUT2D eigenvalue weighted by Gasteiger charge is 2.20. The molecule has 0 saturated carbocycles. The third-order valence-corrected chi connectivity index (χ3v) is 3.89. The van der Waals surface area contributed by atoms with Gasteiger partial charge in [0.25, 0.3) is 5.56 Å². The standard InChI is InChI=1S/C14H18N4O/c1-17-5-3-4-10(9-17)13-6-11-7-16-18(2)14(19)12(11)8-15-13/h6-8,10H,3-5,9H2,1-2H3. The zero-order valence-corrected chi connectivity index (χ0v) is 11.3. The van der Waals surface area contributed by atoms with Crippen molar-refractivity contribution in [2.45, 2.75) is 18.8 Å². The lowest BCUT2D eigenvalue weighted by molar-refractivity contribution is 0.248. The summed E-state index contributed by atoms with van der Waals surface area (Å²) in [5.74, 6) is 0.465. The first-order chi connectivity index (χ1) is 9.15. The molecule has 1 atom stereocenters. The number of aryl methyl sites for hydroxylation is 1. The minimum Gasteiger partial charge on any atom is -0.306 e. The topological polar surface area (TPSA) is 51.0 Å². The van der Waals surface area contributed by atoms with Gasteiger partial charge >= 0.3 is 0 Å². The van der Waals surface area contributed by atoms with Gasteiger partial charge in [0.05, 0.1) is 11.6 Å². The number of rotatable bonds is 1. The van der Waals surface area contributed by atoms with E-state index in [4.69, 9.17) is 0 Å². The molecular formula is C14H18N4O. The van der Waals surface area contributed by atoms with Gasteiger partial charge in [0.2, 0.25) is 0 Å². The number of fused-ring (bicyclic) bond motifs is 1. The number of aromatic nitrogens is 3. The van der Waals surface area contributed by atoms with Crippen LogP contribution in [0.25, 0.3) is 10.8 Å². The number of likely N-dealkylation sites (N-methyl/N-ethyl adjacent to an activating group) is 1. The van der Waals surface area contributed by atoms with E-state index in [0.29, 0.717) is 11.3 Å². The Morgan fingerprint density at radius 3 is 2.95 bits per heavy atom. The molecule has 19 heavy (non-hydrogen) atoms. The van der Waals surface area contributed by atoms with Gasteiger partial charge in [0.1, 0.15) is 0 Å². The maximum atomic E-state index is 11.9. The molecule has 2 aromatic heterocycles. The largest absolute Gasteiger partial charge is 0.306 e. The molecule has 0 spiro atoms. The summed E-state index contributed by atoms with van der Waals surface area (Å²) >= 11 is 0. The fraction of sp³-hybridized carbons (Fsp3) is 0.500. The maximum Gasteiger partial charge on any atom is 0.275 e. The van der Waals surface area contributed by atoms with Gasteiger partial charge in [-0.1, -0.05) is 0 Å². The lowest BCUT2D eigenvalue weighted by Crippen LogP contribution is -2.31. The van der Waals surface area contributed by atoms with E-state index in [9.17, 15) is 4.79 Å². The van der Waals surface area contributed by atoms with Crippen LogP contribution in [0.4, 0.5) is 0 Å². The van der Waals surface area contributed by atoms with Crippen LogP contribution in [0.15, 0.2) is 23.3 Å². The molecule has 0 aromatic carbocycles. The number of nitrogens with zero attached hydrogens (tertiary/aromatic N) is 4. The third-order valence-electron chi connectivity index (χ3n) is 3.89. The minimum absolute atomic E-state index is 0.0858. The molecule has 5 heteroatoms. The Hall–Kier alpha value is -1.75. The highest BCUT2D eigenvalue weighted by Crippen LogP contribution is 2.25. The lowest BCUT2D eigenvalue weighted by Gasteiger charge is -2.29. The SMILES string of the molecule is CN1CCCC(c2cc3cnn(C)c(=O)c3cn2)C1. The number of likely N-dealkylation sites (tertiary alicyclic amines) is 1. The van der Waals surface area contributed by atoms with Crippen molar-refractivity contribution >= 4 is 10.8 Å². The van der Waals surface area contributed by atoms with Gasteiger partial charge in [-0.05, 0) is 32.5 Å². The Labute approximate surface area is 111 Å². The van der Waals surface area contributed by atoms with Crippen LogP contribution in [0.3, 0.4) is 0 Å². The average Bonchev–Trinajstić information content (AvgIpc) is 2.43. The van der Waals surface area contributed by atoms with Gasteiger partial charge in [-0.3, -0.25) is 9.78 Å². The van der Waals surface area contributed by atoms with Crippen molar-refractivity contribution < 1.29 is 0 Å². The molecule has 1 aliphatic rings. The quantitative estimate of drug-likeness (QED) is 0.769. The first-order valence-electron chi connectivity index (χ1n) is 6.65. The molecular weight excluding hydrogens is 240 g/mol. The summed E-state index contributed by atoms with van der Waals surface area (Å²) in [5, 5.41) is 5.61. The van der Waals surface area contributed by atoms with E-state index < -0.39 is 0 Å². The summed E-state index contributed by atoms with van der Waals surface area (Å²) in [4.78, 5) is 18.8. The Morgan fingerprint density at radius 2 is 2.16 bits per heavy atom. The van der Waals surface area contributed by atoms with Gasteiger partial charge in [0, 0.05) is 36.8 Å². The van der Waals surface area contributed by atoms with Crippen molar-refractivity contribution in [2.75, 3.05) is 20.1 Å². The lowest BCUT2D eigenvalue weighted by atomic mass is 9.94. The number of hydrogen-bond acceptors (Lipinski definition) is 4. The second-order valence-corrected chi connectivity index (χ2v) is 5.37. The molecule has 0 bridgehead atoms. The molecule has 1 saturated heterocycles. The normalized spacial score (nSPS) is 20.8. The first kappa shape index (κ1) is 12.3. The molecule has 0 aliphatic carbocycles. The maximum absolute atomic E-state index is 11.9. The molecule has 3 rings (SSSR count). The number of hydrogen-bond donors (Lipinski definition) is 0. The molecule has 1 aliphatic heterocycles. The van der Waals surface area contributed by atoms with Crippen LogP contribution in [0, 0.1) is 0 Å². The number of piperidine rings is 1. The van der Waals surface area contributed by atoms with Crippen LogP contribution < -0.4 is 5.56 Å². The van der Waals surface area contributed by atoms with Crippen LogP contribution in [-0.2, 0) is 7.05 Å². The summed E-state index contributed by atoms with van der Waals surface area (Å²) in [6.45, 7) is 2.20. The van der Waals surface area contributed by atoms with E-state index in [-0.39, 0.29) is 5.56 Å². The fourth-order valence-electron chi connectivity index (χ4n) is 2.78. The Balaban J connectivity index is 2.02. The summed E-state index contributed by atoms with van der Waals surface area (Å²) in [6, 6.07) is 2.02. The zero-order valence-electron chi connectivity index (χ0n) is 11.3. The van der Waals surface area contributed by atoms with Crippen molar-refractivity contribution in [3.05, 3.63) is 34.5 Å². The van der Waals surface area contributed by atoms with Gasteiger partial charge < -0.3 is 4.90 Å². The molecule has 100 valence electrons. The van der Waals surface area contributed by atoms with Crippen LogP contribution in [0.5, 0.6) is 0 Å². The van der Waals surface area contributed by atoms with Crippen molar-refractivity contribution in [3.8, 4) is 0 Å². The van der Waals surface area contributed by atoms with Gasteiger partial charge in [-0.2, -0.15) is 5.10 Å². The second kappa shape index (κ2) is 4.74. The third kappa shape index (κ3) is 2.26. The van der Waals surface area contributed by atoms with Gasteiger partial charge in [0.15, 0.2) is 0 Å². The van der Waals surface area contributed by atoms with Crippen LogP contribution in [0.1, 0.15) is 24.5 Å². The van der Waals surface area contributed by atoms with Crippen LogP contribution >= 0.6 is 0 Å². The zero-order chi connectivity index (χ0) is 13.4. The van der Waals surface area contributed by atoms with E-state index in [1.807, 2.05) is 6.07 Å². The fourth-order valence-corrected chi connectivity index (χ4v) is 2.78. The van der Waals surface area contributed by atoms with Crippen LogP contribution in [-0.4, -0.2) is 39.8 Å². The minimum atomic E-state index is -0.0858. The predicted molar refractivity (Wildman–Crippen MR) is 74.3 cm³/mol. The van der Waals surface area contributed by atoms with Crippen molar-refractivity contribution in [1.29, 1.82) is 0 Å². The number of pyridine rings is 1. The van der Waals surface area contributed by atoms with Crippen molar-refractivity contribution in [2.24, 2.45) is 7.05 Å².